The Balaban J connectivity index is 1.34. The third-order valence-electron chi connectivity index (χ3n) is 5.77. The molecule has 1 aliphatic rings. The summed E-state index contributed by atoms with van der Waals surface area (Å²) in [6, 6.07) is 16.9. The maximum absolute atomic E-state index is 12.8. The fourth-order valence-corrected chi connectivity index (χ4v) is 3.90. The molecule has 0 bridgehead atoms. The van der Waals surface area contributed by atoms with Gasteiger partial charge >= 0.3 is 5.97 Å². The third kappa shape index (κ3) is 5.03. The second-order valence-corrected chi connectivity index (χ2v) is 7.93. The van der Waals surface area contributed by atoms with Gasteiger partial charge in [-0.25, -0.2) is 4.79 Å². The highest BCUT2D eigenvalue weighted by atomic mass is 16.6. The smallest absolute Gasteiger partial charge is 0.351 e. The maximum Gasteiger partial charge on any atom is 0.351 e. The minimum atomic E-state index is -0.898. The fraction of sp³-hybridized carbons (Fsp3) is 0.308. The van der Waals surface area contributed by atoms with Gasteiger partial charge in [0.2, 0.25) is 11.9 Å². The highest BCUT2D eigenvalue weighted by Gasteiger charge is 2.29. The van der Waals surface area contributed by atoms with Crippen LogP contribution < -0.4 is 14.2 Å². The van der Waals surface area contributed by atoms with Crippen LogP contribution in [0.1, 0.15) is 27.3 Å². The minimum absolute atomic E-state index is 0.0455. The van der Waals surface area contributed by atoms with Crippen LogP contribution in [0.3, 0.4) is 0 Å². The molecule has 0 unspecified atom stereocenters. The molecule has 2 heterocycles. The Morgan fingerprint density at radius 3 is 2.52 bits per heavy atom. The van der Waals surface area contributed by atoms with E-state index in [4.69, 9.17) is 18.9 Å². The molecule has 0 saturated carbocycles. The molecule has 0 aliphatic carbocycles. The average molecular weight is 450 g/mol. The molecule has 1 aliphatic heterocycles. The number of Topliss-reactive ketones (excluding diaryl/α,β-unsaturated/α-hetero) is 1. The molecule has 7 heteroatoms. The quantitative estimate of drug-likeness (QED) is 0.383. The Bertz CT molecular complexity index is 1150. The average Bonchev–Trinajstić information content (AvgIpc) is 3.14. The molecule has 1 aromatic heterocycles. The van der Waals surface area contributed by atoms with Crippen LogP contribution in [0.4, 0.5) is 0 Å². The zero-order chi connectivity index (χ0) is 23.4. The summed E-state index contributed by atoms with van der Waals surface area (Å²) >= 11 is 0. The summed E-state index contributed by atoms with van der Waals surface area (Å²) in [4.78, 5) is 25.2. The molecule has 2 aromatic carbocycles. The molecule has 33 heavy (non-hydrogen) atoms. The second-order valence-electron chi connectivity index (χ2n) is 7.93. The summed E-state index contributed by atoms with van der Waals surface area (Å²) < 4.78 is 23.7. The number of hydrogen-bond donors (Lipinski definition) is 0. The predicted octanol–water partition coefficient (Wildman–Crippen LogP) is 3.92. The second kappa shape index (κ2) is 9.81. The van der Waals surface area contributed by atoms with Crippen LogP contribution in [0, 0.1) is 13.8 Å². The van der Waals surface area contributed by atoms with E-state index in [1.54, 1.807) is 25.3 Å². The van der Waals surface area contributed by atoms with Crippen molar-refractivity contribution in [1.29, 1.82) is 0 Å². The van der Waals surface area contributed by atoms with E-state index in [1.165, 1.54) is 5.56 Å². The van der Waals surface area contributed by atoms with Gasteiger partial charge in [0.05, 0.1) is 7.11 Å². The van der Waals surface area contributed by atoms with Crippen LogP contribution in [-0.2, 0) is 22.5 Å². The van der Waals surface area contributed by atoms with E-state index in [0.29, 0.717) is 17.1 Å². The van der Waals surface area contributed by atoms with E-state index in [-0.39, 0.29) is 19.0 Å². The Labute approximate surface area is 192 Å². The molecule has 0 saturated heterocycles. The van der Waals surface area contributed by atoms with E-state index in [2.05, 4.69) is 4.57 Å². The predicted molar refractivity (Wildman–Crippen MR) is 122 cm³/mol. The van der Waals surface area contributed by atoms with Crippen molar-refractivity contribution in [2.24, 2.45) is 0 Å². The van der Waals surface area contributed by atoms with Crippen molar-refractivity contribution in [3.8, 4) is 17.2 Å². The summed E-state index contributed by atoms with van der Waals surface area (Å²) in [6.45, 7) is 4.32. The molecule has 7 nitrogen and oxygen atoms in total. The van der Waals surface area contributed by atoms with Crippen LogP contribution in [0.5, 0.6) is 17.2 Å². The molecule has 1 atom stereocenters. The van der Waals surface area contributed by atoms with Crippen LogP contribution in [0.15, 0.2) is 54.6 Å². The summed E-state index contributed by atoms with van der Waals surface area (Å²) in [7, 11) is 1.65. The number of esters is 1. The standard InChI is InChI=1S/C26H27NO6/c1-17-14-21(18(2)27(17)13-12-19-8-10-20(30-3)11-9-19)22(28)15-32-26(29)25-16-31-23-6-4-5-7-24(23)33-25/h4-11,14,25H,12-13,15-16H2,1-3H3/t25-/m1/s1. The maximum atomic E-state index is 12.8. The molecule has 0 spiro atoms. The number of rotatable bonds is 8. The number of ether oxygens (including phenoxy) is 4. The Hall–Kier alpha value is -3.74. The lowest BCUT2D eigenvalue weighted by atomic mass is 10.1. The van der Waals surface area contributed by atoms with Crippen molar-refractivity contribution in [1.82, 2.24) is 4.57 Å². The summed E-state index contributed by atoms with van der Waals surface area (Å²) in [5.41, 5.74) is 3.58. The normalized spacial score (nSPS) is 14.6. The van der Waals surface area contributed by atoms with Crippen LogP contribution >= 0.6 is 0 Å². The molecule has 172 valence electrons. The Kier molecular flexibility index (Phi) is 6.68. The van der Waals surface area contributed by atoms with Gasteiger partial charge in [0.1, 0.15) is 12.4 Å². The summed E-state index contributed by atoms with van der Waals surface area (Å²) in [5, 5.41) is 0. The first-order chi connectivity index (χ1) is 16.0. The van der Waals surface area contributed by atoms with Gasteiger partial charge in [0.15, 0.2) is 18.1 Å². The molecule has 4 rings (SSSR count). The molecular weight excluding hydrogens is 422 g/mol. The van der Waals surface area contributed by atoms with Crippen molar-refractivity contribution in [2.45, 2.75) is 32.9 Å². The monoisotopic (exact) mass is 449 g/mol. The lowest BCUT2D eigenvalue weighted by molar-refractivity contribution is -0.153. The molecular formula is C26H27NO6. The molecule has 3 aromatic rings. The number of aromatic nitrogens is 1. The molecule has 0 radical (unpaired) electrons. The SMILES string of the molecule is COc1ccc(CCn2c(C)cc(C(=O)COC(=O)[C@H]3COc4ccccc4O3)c2C)cc1. The third-order valence-corrected chi connectivity index (χ3v) is 5.77. The number of para-hydroxylation sites is 2. The topological polar surface area (TPSA) is 76.0 Å². The first-order valence-electron chi connectivity index (χ1n) is 10.8. The van der Waals surface area contributed by atoms with Crippen molar-refractivity contribution in [3.63, 3.8) is 0 Å². The molecule has 0 amide bonds. The highest BCUT2D eigenvalue weighted by Crippen LogP contribution is 2.31. The number of aryl methyl sites for hydroxylation is 2. The van der Waals surface area contributed by atoms with E-state index in [0.717, 1.165) is 30.1 Å². The number of nitrogens with zero attached hydrogens (tertiary/aromatic N) is 1. The fourth-order valence-electron chi connectivity index (χ4n) is 3.90. The highest BCUT2D eigenvalue weighted by molar-refractivity contribution is 5.99. The van der Waals surface area contributed by atoms with Gasteiger partial charge in [-0.05, 0) is 56.2 Å². The van der Waals surface area contributed by atoms with Crippen molar-refractivity contribution in [2.75, 3.05) is 20.3 Å². The lowest BCUT2D eigenvalue weighted by Crippen LogP contribution is -2.38. The van der Waals surface area contributed by atoms with Gasteiger partial charge in [0.25, 0.3) is 0 Å². The summed E-state index contributed by atoms with van der Waals surface area (Å²) in [6.07, 6.45) is -0.0756. The van der Waals surface area contributed by atoms with Crippen molar-refractivity contribution >= 4 is 11.8 Å². The number of carbonyl (C=O) groups is 2. The van der Waals surface area contributed by atoms with Crippen LogP contribution in [-0.4, -0.2) is 42.7 Å². The Morgan fingerprint density at radius 1 is 1.06 bits per heavy atom. The van der Waals surface area contributed by atoms with E-state index in [9.17, 15) is 9.59 Å². The van der Waals surface area contributed by atoms with Gasteiger partial charge in [-0.1, -0.05) is 24.3 Å². The van der Waals surface area contributed by atoms with E-state index in [1.807, 2.05) is 50.2 Å². The first-order valence-corrected chi connectivity index (χ1v) is 10.8. The van der Waals surface area contributed by atoms with Crippen molar-refractivity contribution in [3.05, 3.63) is 77.1 Å². The minimum Gasteiger partial charge on any atom is -0.497 e. The number of methoxy groups -OCH3 is 1. The van der Waals surface area contributed by atoms with Gasteiger partial charge in [-0.15, -0.1) is 0 Å². The van der Waals surface area contributed by atoms with Gasteiger partial charge < -0.3 is 23.5 Å². The number of hydrogen-bond acceptors (Lipinski definition) is 6. The van der Waals surface area contributed by atoms with Crippen LogP contribution in [0.25, 0.3) is 0 Å². The van der Waals surface area contributed by atoms with Crippen molar-refractivity contribution < 1.29 is 28.5 Å². The van der Waals surface area contributed by atoms with Gasteiger partial charge in [-0.3, -0.25) is 4.79 Å². The lowest BCUT2D eigenvalue weighted by Gasteiger charge is -2.24. The number of benzene rings is 2. The van der Waals surface area contributed by atoms with E-state index < -0.39 is 12.1 Å². The summed E-state index contributed by atoms with van der Waals surface area (Å²) in [5.74, 6) is 1.02. The number of ketones is 1. The zero-order valence-corrected chi connectivity index (χ0v) is 19.0. The van der Waals surface area contributed by atoms with E-state index >= 15 is 0 Å². The molecule has 0 fully saturated rings. The zero-order valence-electron chi connectivity index (χ0n) is 19.0. The van der Waals surface area contributed by atoms with Crippen LogP contribution in [0.2, 0.25) is 0 Å². The Morgan fingerprint density at radius 2 is 1.79 bits per heavy atom. The first kappa shape index (κ1) is 22.5. The largest absolute Gasteiger partial charge is 0.497 e. The van der Waals surface area contributed by atoms with Gasteiger partial charge in [-0.2, -0.15) is 0 Å². The van der Waals surface area contributed by atoms with Gasteiger partial charge in [0, 0.05) is 23.5 Å². The number of carbonyl (C=O) groups excluding carboxylic acids is 2. The molecule has 0 N–H and O–H groups in total. The number of fused-ring (bicyclic) bond motifs is 1.